The van der Waals surface area contributed by atoms with Gasteiger partial charge in [0.15, 0.2) is 0 Å². The SMILES string of the molecule is Cc1ccccc1OCCC(=O)N1CCCC(C)(O)C1. The number of rotatable bonds is 4. The van der Waals surface area contributed by atoms with Crippen LogP contribution in [0.3, 0.4) is 0 Å². The van der Waals surface area contributed by atoms with Crippen LogP contribution < -0.4 is 4.74 Å². The minimum Gasteiger partial charge on any atom is -0.493 e. The van der Waals surface area contributed by atoms with Crippen molar-refractivity contribution in [2.45, 2.75) is 38.7 Å². The predicted octanol–water partition coefficient (Wildman–Crippen LogP) is 2.14. The van der Waals surface area contributed by atoms with Gasteiger partial charge < -0.3 is 14.7 Å². The molecule has 20 heavy (non-hydrogen) atoms. The average Bonchev–Trinajstić information content (AvgIpc) is 2.39. The number of amides is 1. The summed E-state index contributed by atoms with van der Waals surface area (Å²) in [6.07, 6.45) is 1.97. The van der Waals surface area contributed by atoms with Gasteiger partial charge in [0.25, 0.3) is 0 Å². The largest absolute Gasteiger partial charge is 0.493 e. The van der Waals surface area contributed by atoms with Crippen LogP contribution in [0.4, 0.5) is 0 Å². The second-order valence-electron chi connectivity index (χ2n) is 5.78. The van der Waals surface area contributed by atoms with Crippen molar-refractivity contribution in [2.75, 3.05) is 19.7 Å². The highest BCUT2D eigenvalue weighted by molar-refractivity contribution is 5.76. The first-order chi connectivity index (χ1) is 9.48. The Morgan fingerprint density at radius 2 is 2.20 bits per heavy atom. The van der Waals surface area contributed by atoms with Gasteiger partial charge in [-0.15, -0.1) is 0 Å². The lowest BCUT2D eigenvalue weighted by Crippen LogP contribution is -2.48. The minimum atomic E-state index is -0.745. The van der Waals surface area contributed by atoms with Gasteiger partial charge >= 0.3 is 0 Å². The Labute approximate surface area is 120 Å². The van der Waals surface area contributed by atoms with Crippen LogP contribution in [0.1, 0.15) is 31.7 Å². The van der Waals surface area contributed by atoms with Crippen molar-refractivity contribution in [3.63, 3.8) is 0 Å². The predicted molar refractivity (Wildman–Crippen MR) is 77.7 cm³/mol. The van der Waals surface area contributed by atoms with Gasteiger partial charge in [-0.05, 0) is 38.3 Å². The van der Waals surface area contributed by atoms with E-state index in [1.54, 1.807) is 11.8 Å². The molecule has 0 aromatic heterocycles. The maximum Gasteiger partial charge on any atom is 0.226 e. The van der Waals surface area contributed by atoms with Gasteiger partial charge in [-0.3, -0.25) is 4.79 Å². The molecule has 1 saturated heterocycles. The van der Waals surface area contributed by atoms with Crippen LogP contribution in [0.15, 0.2) is 24.3 Å². The van der Waals surface area contributed by atoms with Crippen molar-refractivity contribution in [2.24, 2.45) is 0 Å². The van der Waals surface area contributed by atoms with Crippen LogP contribution in [-0.2, 0) is 4.79 Å². The number of para-hydroxylation sites is 1. The fourth-order valence-electron chi connectivity index (χ4n) is 2.56. The Morgan fingerprint density at radius 1 is 1.45 bits per heavy atom. The maximum absolute atomic E-state index is 12.1. The first kappa shape index (κ1) is 14.9. The molecule has 1 atom stereocenters. The van der Waals surface area contributed by atoms with Crippen LogP contribution in [0.25, 0.3) is 0 Å². The number of carbonyl (C=O) groups excluding carboxylic acids is 1. The molecular weight excluding hydrogens is 254 g/mol. The Hall–Kier alpha value is -1.55. The zero-order valence-electron chi connectivity index (χ0n) is 12.3. The number of hydrogen-bond donors (Lipinski definition) is 1. The standard InChI is InChI=1S/C16H23NO3/c1-13-6-3-4-7-14(13)20-11-8-15(18)17-10-5-9-16(2,19)12-17/h3-4,6-7,19H,5,8-12H2,1-2H3. The molecule has 1 fully saturated rings. The summed E-state index contributed by atoms with van der Waals surface area (Å²) in [4.78, 5) is 13.8. The number of likely N-dealkylation sites (tertiary alicyclic amines) is 1. The number of hydrogen-bond acceptors (Lipinski definition) is 3. The number of β-amino-alcohol motifs (C(OH)–C–C–N with tert-alkyl or cyclic N) is 1. The number of ether oxygens (including phenoxy) is 1. The van der Waals surface area contributed by atoms with Gasteiger partial charge in [0, 0.05) is 13.1 Å². The van der Waals surface area contributed by atoms with Crippen LogP contribution in [0.5, 0.6) is 5.75 Å². The van der Waals surface area contributed by atoms with Gasteiger partial charge in [-0.1, -0.05) is 18.2 Å². The third kappa shape index (κ3) is 3.97. The van der Waals surface area contributed by atoms with Crippen LogP contribution in [0.2, 0.25) is 0 Å². The van der Waals surface area contributed by atoms with E-state index in [0.717, 1.165) is 30.7 Å². The molecule has 0 aliphatic carbocycles. The summed E-state index contributed by atoms with van der Waals surface area (Å²) in [5.74, 6) is 0.879. The van der Waals surface area contributed by atoms with E-state index >= 15 is 0 Å². The van der Waals surface area contributed by atoms with Crippen molar-refractivity contribution in [1.82, 2.24) is 4.90 Å². The summed E-state index contributed by atoms with van der Waals surface area (Å²) in [6, 6.07) is 7.78. The van der Waals surface area contributed by atoms with Crippen molar-refractivity contribution in [3.8, 4) is 5.75 Å². The molecule has 1 aromatic carbocycles. The molecule has 1 aliphatic rings. The van der Waals surface area contributed by atoms with Gasteiger partial charge in [-0.2, -0.15) is 0 Å². The highest BCUT2D eigenvalue weighted by Gasteiger charge is 2.30. The van der Waals surface area contributed by atoms with E-state index in [9.17, 15) is 9.90 Å². The Balaban J connectivity index is 1.79. The maximum atomic E-state index is 12.1. The molecule has 0 spiro atoms. The zero-order valence-corrected chi connectivity index (χ0v) is 12.3. The third-order valence-electron chi connectivity index (χ3n) is 3.69. The van der Waals surface area contributed by atoms with Crippen molar-refractivity contribution in [1.29, 1.82) is 0 Å². The fourth-order valence-corrected chi connectivity index (χ4v) is 2.56. The molecule has 1 aromatic rings. The summed E-state index contributed by atoms with van der Waals surface area (Å²) in [6.45, 7) is 5.31. The lowest BCUT2D eigenvalue weighted by Gasteiger charge is -2.36. The van der Waals surface area contributed by atoms with E-state index < -0.39 is 5.60 Å². The van der Waals surface area contributed by atoms with E-state index in [-0.39, 0.29) is 5.91 Å². The van der Waals surface area contributed by atoms with Gasteiger partial charge in [0.2, 0.25) is 5.91 Å². The normalized spacial score (nSPS) is 22.6. The molecule has 1 N–H and O–H groups in total. The molecule has 1 heterocycles. The summed E-state index contributed by atoms with van der Waals surface area (Å²) in [7, 11) is 0. The summed E-state index contributed by atoms with van der Waals surface area (Å²) in [5.41, 5.74) is 0.325. The summed E-state index contributed by atoms with van der Waals surface area (Å²) < 4.78 is 5.64. The van der Waals surface area contributed by atoms with Crippen molar-refractivity contribution >= 4 is 5.91 Å². The molecular formula is C16H23NO3. The van der Waals surface area contributed by atoms with Gasteiger partial charge in [0.1, 0.15) is 5.75 Å². The average molecular weight is 277 g/mol. The number of nitrogens with zero attached hydrogens (tertiary/aromatic N) is 1. The second-order valence-corrected chi connectivity index (χ2v) is 5.78. The summed E-state index contributed by atoms with van der Waals surface area (Å²) >= 11 is 0. The lowest BCUT2D eigenvalue weighted by molar-refractivity contribution is -0.138. The fraction of sp³-hybridized carbons (Fsp3) is 0.562. The van der Waals surface area contributed by atoms with Crippen molar-refractivity contribution in [3.05, 3.63) is 29.8 Å². The van der Waals surface area contributed by atoms with E-state index in [0.29, 0.717) is 19.6 Å². The van der Waals surface area contributed by atoms with E-state index in [1.165, 1.54) is 0 Å². The van der Waals surface area contributed by atoms with Gasteiger partial charge in [0.05, 0.1) is 18.6 Å². The zero-order chi connectivity index (χ0) is 14.6. The number of carbonyl (C=O) groups is 1. The number of aryl methyl sites for hydroxylation is 1. The van der Waals surface area contributed by atoms with Crippen molar-refractivity contribution < 1.29 is 14.6 Å². The molecule has 1 amide bonds. The number of benzene rings is 1. The van der Waals surface area contributed by atoms with E-state index in [2.05, 4.69) is 0 Å². The quantitative estimate of drug-likeness (QED) is 0.917. The highest BCUT2D eigenvalue weighted by Crippen LogP contribution is 2.21. The van der Waals surface area contributed by atoms with Crippen LogP contribution in [-0.4, -0.2) is 41.2 Å². The molecule has 0 bridgehead atoms. The molecule has 4 nitrogen and oxygen atoms in total. The number of aliphatic hydroxyl groups is 1. The molecule has 0 saturated carbocycles. The lowest BCUT2D eigenvalue weighted by atomic mass is 9.95. The second kappa shape index (κ2) is 6.27. The molecule has 1 aliphatic heterocycles. The molecule has 4 heteroatoms. The van der Waals surface area contributed by atoms with Gasteiger partial charge in [-0.25, -0.2) is 0 Å². The van der Waals surface area contributed by atoms with Crippen LogP contribution >= 0.6 is 0 Å². The van der Waals surface area contributed by atoms with E-state index in [4.69, 9.17) is 4.74 Å². The van der Waals surface area contributed by atoms with E-state index in [1.807, 2.05) is 31.2 Å². The Bertz CT molecular complexity index is 471. The molecule has 1 unspecified atom stereocenters. The molecule has 110 valence electrons. The smallest absolute Gasteiger partial charge is 0.226 e. The number of piperidine rings is 1. The minimum absolute atomic E-state index is 0.0542. The molecule has 2 rings (SSSR count). The third-order valence-corrected chi connectivity index (χ3v) is 3.69. The Kier molecular flexibility index (Phi) is 4.65. The molecule has 0 radical (unpaired) electrons. The first-order valence-corrected chi connectivity index (χ1v) is 7.16. The summed E-state index contributed by atoms with van der Waals surface area (Å²) in [5, 5.41) is 10.0. The topological polar surface area (TPSA) is 49.8 Å². The van der Waals surface area contributed by atoms with Crippen LogP contribution in [0, 0.1) is 6.92 Å². The Morgan fingerprint density at radius 3 is 2.90 bits per heavy atom. The first-order valence-electron chi connectivity index (χ1n) is 7.16. The highest BCUT2D eigenvalue weighted by atomic mass is 16.5. The monoisotopic (exact) mass is 277 g/mol.